The molecule has 0 spiro atoms. The maximum absolute atomic E-state index is 14.1. The molecule has 1 aliphatic rings. The number of anilines is 1. The molecule has 0 radical (unpaired) electrons. The predicted molar refractivity (Wildman–Crippen MR) is 110 cm³/mol. The number of nitrogens with one attached hydrogen (secondary N) is 1. The number of aliphatic imine (C=N–C) groups is 1. The van der Waals surface area contributed by atoms with Crippen molar-refractivity contribution in [2.75, 3.05) is 11.9 Å². The fraction of sp³-hybridized carbons (Fsp3) is 0.211. The van der Waals surface area contributed by atoms with E-state index in [1.165, 1.54) is 35.2 Å². The van der Waals surface area contributed by atoms with E-state index >= 15 is 0 Å². The topological polar surface area (TPSA) is 61.8 Å². The van der Waals surface area contributed by atoms with Gasteiger partial charge in [0.15, 0.2) is 5.17 Å². The first kappa shape index (κ1) is 20.5. The molecule has 1 fully saturated rings. The van der Waals surface area contributed by atoms with Crippen LogP contribution in [0.25, 0.3) is 0 Å². The number of amides is 2. The van der Waals surface area contributed by atoms with Crippen LogP contribution in [0.2, 0.25) is 0 Å². The Bertz CT molecular complexity index is 955. The van der Waals surface area contributed by atoms with E-state index in [4.69, 9.17) is 0 Å². The molecular weight excluding hydrogens is 452 g/mol. The number of nitrogens with zero attached hydrogens (tertiary/aromatic N) is 2. The van der Waals surface area contributed by atoms with Crippen LogP contribution >= 0.6 is 27.7 Å². The maximum atomic E-state index is 14.1. The van der Waals surface area contributed by atoms with E-state index in [0.717, 1.165) is 11.8 Å². The summed E-state index contributed by atoms with van der Waals surface area (Å²) < 4.78 is 28.3. The molecule has 0 saturated carbocycles. The molecule has 2 aromatic rings. The molecular formula is C19H16BrF2N3O2S. The van der Waals surface area contributed by atoms with E-state index in [-0.39, 0.29) is 23.7 Å². The van der Waals surface area contributed by atoms with Gasteiger partial charge in [0.05, 0.1) is 5.69 Å². The summed E-state index contributed by atoms with van der Waals surface area (Å²) in [6.45, 7) is 2.11. The summed E-state index contributed by atoms with van der Waals surface area (Å²) in [4.78, 5) is 30.5. The van der Waals surface area contributed by atoms with Crippen LogP contribution < -0.4 is 5.32 Å². The van der Waals surface area contributed by atoms with Gasteiger partial charge >= 0.3 is 0 Å². The van der Waals surface area contributed by atoms with Crippen molar-refractivity contribution >= 4 is 56.0 Å². The van der Waals surface area contributed by atoms with E-state index in [1.807, 2.05) is 0 Å². The highest BCUT2D eigenvalue weighted by Crippen LogP contribution is 2.33. The number of thioether (sulfide) groups is 1. The summed E-state index contributed by atoms with van der Waals surface area (Å²) >= 11 is 4.28. The first-order chi connectivity index (χ1) is 13.4. The average Bonchev–Trinajstić information content (AvgIpc) is 2.94. The second kappa shape index (κ2) is 8.83. The van der Waals surface area contributed by atoms with Crippen molar-refractivity contribution in [2.24, 2.45) is 4.99 Å². The van der Waals surface area contributed by atoms with Crippen molar-refractivity contribution < 1.29 is 18.4 Å². The largest absolute Gasteiger partial charge is 0.324 e. The molecule has 2 amide bonds. The van der Waals surface area contributed by atoms with Crippen molar-refractivity contribution in [3.05, 3.63) is 58.6 Å². The summed E-state index contributed by atoms with van der Waals surface area (Å²) in [5.41, 5.74) is 0.162. The van der Waals surface area contributed by atoms with Gasteiger partial charge in [-0.25, -0.2) is 13.8 Å². The van der Waals surface area contributed by atoms with Crippen LogP contribution in [-0.2, 0) is 9.59 Å². The van der Waals surface area contributed by atoms with Crippen LogP contribution in [0.3, 0.4) is 0 Å². The number of halogens is 3. The van der Waals surface area contributed by atoms with Crippen LogP contribution in [0.15, 0.2) is 51.9 Å². The fourth-order valence-electron chi connectivity index (χ4n) is 2.62. The molecule has 3 rings (SSSR count). The summed E-state index contributed by atoms with van der Waals surface area (Å²) in [6, 6.07) is 10.2. The first-order valence-electron chi connectivity index (χ1n) is 8.45. The highest BCUT2D eigenvalue weighted by molar-refractivity contribution is 9.10. The fourth-order valence-corrected chi connectivity index (χ4v) is 4.17. The summed E-state index contributed by atoms with van der Waals surface area (Å²) in [6.07, 6.45) is -0.143. The zero-order valence-corrected chi connectivity index (χ0v) is 17.2. The Balaban J connectivity index is 1.75. The lowest BCUT2D eigenvalue weighted by atomic mass is 10.2. The first-order valence-corrected chi connectivity index (χ1v) is 10.1. The molecule has 146 valence electrons. The lowest BCUT2D eigenvalue weighted by Gasteiger charge is -2.13. The van der Waals surface area contributed by atoms with Crippen molar-refractivity contribution in [1.82, 2.24) is 4.90 Å². The molecule has 0 aliphatic carbocycles. The molecule has 1 unspecified atom stereocenters. The standard InChI is InChI=1S/C19H16BrF2N3O2S/c1-2-25-18(27)16(10-17(26)23-14-6-4-3-5-12(14)21)28-19(25)24-15-8-7-11(20)9-13(15)22/h3-9,16H,2,10H2,1H3,(H,23,26). The van der Waals surface area contributed by atoms with Crippen molar-refractivity contribution in [3.8, 4) is 0 Å². The second-order valence-corrected chi connectivity index (χ2v) is 8.00. The number of rotatable bonds is 5. The van der Waals surface area contributed by atoms with E-state index in [0.29, 0.717) is 16.2 Å². The average molecular weight is 468 g/mol. The van der Waals surface area contributed by atoms with Gasteiger partial charge in [-0.05, 0) is 37.3 Å². The number of benzene rings is 2. The molecule has 1 saturated heterocycles. The van der Waals surface area contributed by atoms with Gasteiger partial charge in [-0.3, -0.25) is 14.5 Å². The molecule has 1 aliphatic heterocycles. The third-order valence-electron chi connectivity index (χ3n) is 3.98. The van der Waals surface area contributed by atoms with Gasteiger partial charge in [0.25, 0.3) is 0 Å². The zero-order valence-electron chi connectivity index (χ0n) is 14.8. The van der Waals surface area contributed by atoms with Crippen molar-refractivity contribution in [2.45, 2.75) is 18.6 Å². The van der Waals surface area contributed by atoms with Gasteiger partial charge < -0.3 is 5.32 Å². The van der Waals surface area contributed by atoms with E-state index in [2.05, 4.69) is 26.2 Å². The Hall–Kier alpha value is -2.26. The van der Waals surface area contributed by atoms with Crippen LogP contribution in [0.5, 0.6) is 0 Å². The summed E-state index contributed by atoms with van der Waals surface area (Å²) in [5, 5.41) is 2.09. The summed E-state index contributed by atoms with van der Waals surface area (Å²) in [7, 11) is 0. The van der Waals surface area contributed by atoms with Crippen LogP contribution in [-0.4, -0.2) is 33.7 Å². The van der Waals surface area contributed by atoms with Crippen LogP contribution in [0.4, 0.5) is 20.2 Å². The Morgan fingerprint density at radius 3 is 2.68 bits per heavy atom. The van der Waals surface area contributed by atoms with Gasteiger partial charge in [0.1, 0.15) is 22.6 Å². The second-order valence-electron chi connectivity index (χ2n) is 5.91. The zero-order chi connectivity index (χ0) is 20.3. The normalized spacial score (nSPS) is 18.0. The van der Waals surface area contributed by atoms with Gasteiger partial charge in [0.2, 0.25) is 11.8 Å². The minimum absolute atomic E-state index is 0.0566. The third-order valence-corrected chi connectivity index (χ3v) is 5.65. The predicted octanol–water partition coefficient (Wildman–Crippen LogP) is 4.71. The van der Waals surface area contributed by atoms with Crippen molar-refractivity contribution in [3.63, 3.8) is 0 Å². The number of carbonyl (C=O) groups excluding carboxylic acids is 2. The van der Waals surface area contributed by atoms with Crippen LogP contribution in [0, 0.1) is 11.6 Å². The molecule has 0 aromatic heterocycles. The highest BCUT2D eigenvalue weighted by atomic mass is 79.9. The molecule has 1 atom stereocenters. The molecule has 5 nitrogen and oxygen atoms in total. The molecule has 1 heterocycles. The quantitative estimate of drug-likeness (QED) is 0.692. The van der Waals surface area contributed by atoms with Gasteiger partial charge in [0, 0.05) is 17.4 Å². The Morgan fingerprint density at radius 1 is 1.25 bits per heavy atom. The van der Waals surface area contributed by atoms with Gasteiger partial charge in [-0.1, -0.05) is 39.8 Å². The Kier molecular flexibility index (Phi) is 6.46. The number of amidine groups is 1. The SMILES string of the molecule is CCN1C(=O)C(CC(=O)Nc2ccccc2F)SC1=Nc1ccc(Br)cc1F. The Labute approximate surface area is 173 Å². The molecule has 1 N–H and O–H groups in total. The van der Waals surface area contributed by atoms with E-state index < -0.39 is 22.8 Å². The number of carbonyl (C=O) groups is 2. The smallest absolute Gasteiger partial charge is 0.242 e. The Morgan fingerprint density at radius 2 is 2.00 bits per heavy atom. The number of para-hydroxylation sites is 1. The monoisotopic (exact) mass is 467 g/mol. The summed E-state index contributed by atoms with van der Waals surface area (Å²) in [5.74, 6) is -1.84. The molecule has 9 heteroatoms. The minimum Gasteiger partial charge on any atom is -0.324 e. The molecule has 2 aromatic carbocycles. The van der Waals surface area contributed by atoms with Gasteiger partial charge in [-0.2, -0.15) is 0 Å². The van der Waals surface area contributed by atoms with E-state index in [1.54, 1.807) is 19.1 Å². The molecule has 28 heavy (non-hydrogen) atoms. The van der Waals surface area contributed by atoms with Crippen molar-refractivity contribution in [1.29, 1.82) is 0 Å². The maximum Gasteiger partial charge on any atom is 0.242 e. The number of hydrogen-bond acceptors (Lipinski definition) is 4. The van der Waals surface area contributed by atoms with Gasteiger partial charge in [-0.15, -0.1) is 0 Å². The third kappa shape index (κ3) is 4.59. The molecule has 0 bridgehead atoms. The van der Waals surface area contributed by atoms with Crippen LogP contribution in [0.1, 0.15) is 13.3 Å². The lowest BCUT2D eigenvalue weighted by Crippen LogP contribution is -2.33. The highest BCUT2D eigenvalue weighted by Gasteiger charge is 2.38. The lowest BCUT2D eigenvalue weighted by molar-refractivity contribution is -0.128. The minimum atomic E-state index is -0.705. The van der Waals surface area contributed by atoms with E-state index in [9.17, 15) is 18.4 Å². The number of hydrogen-bond donors (Lipinski definition) is 1.